The minimum Gasteiger partial charge on any atom is -0.387 e. The summed E-state index contributed by atoms with van der Waals surface area (Å²) in [5, 5.41) is 15.4. The van der Waals surface area contributed by atoms with E-state index < -0.39 is 6.10 Å². The van der Waals surface area contributed by atoms with Gasteiger partial charge in [0.2, 0.25) is 0 Å². The molecule has 0 unspecified atom stereocenters. The standard InChI is InChI=1S/C14H22N2O2S/c1-14(2,3)16-13(18)15-9-12(17)10-5-7-11(19-4)8-6-10/h5-8,12,17H,9H2,1-4H3,(H2,15,16,18)/t12-/m0/s1. The first kappa shape index (κ1) is 15.9. The van der Waals surface area contributed by atoms with Gasteiger partial charge >= 0.3 is 6.03 Å². The first-order valence-electron chi connectivity index (χ1n) is 6.20. The average molecular weight is 282 g/mol. The zero-order valence-electron chi connectivity index (χ0n) is 11.9. The molecule has 0 radical (unpaired) electrons. The number of carbonyl (C=O) groups is 1. The van der Waals surface area contributed by atoms with Gasteiger partial charge in [0.15, 0.2) is 0 Å². The van der Waals surface area contributed by atoms with E-state index in [-0.39, 0.29) is 18.1 Å². The summed E-state index contributed by atoms with van der Waals surface area (Å²) in [5.74, 6) is 0. The SMILES string of the molecule is CSc1ccc([C@@H](O)CNC(=O)NC(C)(C)C)cc1. The van der Waals surface area contributed by atoms with Crippen LogP contribution in [0, 0.1) is 0 Å². The number of nitrogens with one attached hydrogen (secondary N) is 2. The lowest BCUT2D eigenvalue weighted by molar-refractivity contribution is 0.171. The third-order valence-electron chi connectivity index (χ3n) is 2.45. The lowest BCUT2D eigenvalue weighted by Crippen LogP contribution is -2.47. The van der Waals surface area contributed by atoms with Gasteiger partial charge in [0, 0.05) is 17.0 Å². The number of aliphatic hydroxyl groups is 1. The van der Waals surface area contributed by atoms with Gasteiger partial charge in [-0.3, -0.25) is 0 Å². The summed E-state index contributed by atoms with van der Waals surface area (Å²) in [4.78, 5) is 12.7. The number of hydrogen-bond donors (Lipinski definition) is 3. The molecule has 1 rings (SSSR count). The van der Waals surface area contributed by atoms with Crippen LogP contribution in [0.25, 0.3) is 0 Å². The fourth-order valence-electron chi connectivity index (χ4n) is 1.52. The van der Waals surface area contributed by atoms with Crippen LogP contribution in [0.2, 0.25) is 0 Å². The maximum absolute atomic E-state index is 11.6. The van der Waals surface area contributed by atoms with E-state index in [1.54, 1.807) is 11.8 Å². The largest absolute Gasteiger partial charge is 0.387 e. The summed E-state index contributed by atoms with van der Waals surface area (Å²) in [6.07, 6.45) is 1.31. The van der Waals surface area contributed by atoms with Crippen molar-refractivity contribution in [1.82, 2.24) is 10.6 Å². The minimum absolute atomic E-state index is 0.195. The Morgan fingerprint density at radius 1 is 1.32 bits per heavy atom. The predicted molar refractivity (Wildman–Crippen MR) is 79.5 cm³/mol. The van der Waals surface area contributed by atoms with E-state index in [1.807, 2.05) is 51.3 Å². The Morgan fingerprint density at radius 3 is 2.37 bits per heavy atom. The lowest BCUT2D eigenvalue weighted by atomic mass is 10.1. The fraction of sp³-hybridized carbons (Fsp3) is 0.500. The van der Waals surface area contributed by atoms with Crippen molar-refractivity contribution in [2.75, 3.05) is 12.8 Å². The molecule has 106 valence electrons. The van der Waals surface area contributed by atoms with Gasteiger partial charge in [-0.25, -0.2) is 4.79 Å². The molecule has 19 heavy (non-hydrogen) atoms. The van der Waals surface area contributed by atoms with Crippen LogP contribution in [0.3, 0.4) is 0 Å². The number of amides is 2. The number of aliphatic hydroxyl groups excluding tert-OH is 1. The van der Waals surface area contributed by atoms with Crippen molar-refractivity contribution >= 4 is 17.8 Å². The van der Waals surface area contributed by atoms with Gasteiger partial charge in [-0.2, -0.15) is 0 Å². The Balaban J connectivity index is 2.46. The van der Waals surface area contributed by atoms with E-state index in [0.29, 0.717) is 0 Å². The number of benzene rings is 1. The van der Waals surface area contributed by atoms with Gasteiger partial charge in [-0.1, -0.05) is 12.1 Å². The van der Waals surface area contributed by atoms with E-state index in [4.69, 9.17) is 0 Å². The molecule has 1 atom stereocenters. The Bertz CT molecular complexity index is 412. The van der Waals surface area contributed by atoms with E-state index >= 15 is 0 Å². The summed E-state index contributed by atoms with van der Waals surface area (Å²) < 4.78 is 0. The van der Waals surface area contributed by atoms with Crippen molar-refractivity contribution < 1.29 is 9.90 Å². The van der Waals surface area contributed by atoms with Crippen molar-refractivity contribution in [1.29, 1.82) is 0 Å². The van der Waals surface area contributed by atoms with Crippen molar-refractivity contribution in [2.45, 2.75) is 37.3 Å². The molecule has 0 fully saturated rings. The Labute approximate surface area is 119 Å². The Hall–Kier alpha value is -1.20. The molecule has 0 saturated carbocycles. The van der Waals surface area contributed by atoms with Crippen molar-refractivity contribution in [3.05, 3.63) is 29.8 Å². The van der Waals surface area contributed by atoms with E-state index in [0.717, 1.165) is 10.5 Å². The summed E-state index contributed by atoms with van der Waals surface area (Å²) in [6, 6.07) is 7.39. The maximum Gasteiger partial charge on any atom is 0.315 e. The molecule has 0 aliphatic carbocycles. The molecule has 0 aliphatic heterocycles. The highest BCUT2D eigenvalue weighted by Gasteiger charge is 2.14. The predicted octanol–water partition coefficient (Wildman–Crippen LogP) is 2.54. The van der Waals surface area contributed by atoms with Crippen LogP contribution >= 0.6 is 11.8 Å². The van der Waals surface area contributed by atoms with Crippen LogP contribution in [-0.4, -0.2) is 29.5 Å². The van der Waals surface area contributed by atoms with Gasteiger partial charge < -0.3 is 15.7 Å². The van der Waals surface area contributed by atoms with Gasteiger partial charge in [0.25, 0.3) is 0 Å². The second kappa shape index (κ2) is 6.82. The molecule has 0 aromatic heterocycles. The highest BCUT2D eigenvalue weighted by molar-refractivity contribution is 7.98. The van der Waals surface area contributed by atoms with Crippen molar-refractivity contribution in [3.63, 3.8) is 0 Å². The second-order valence-electron chi connectivity index (χ2n) is 5.37. The van der Waals surface area contributed by atoms with Crippen molar-refractivity contribution in [3.8, 4) is 0 Å². The van der Waals surface area contributed by atoms with E-state index in [2.05, 4.69) is 10.6 Å². The molecule has 0 bridgehead atoms. The molecule has 4 nitrogen and oxygen atoms in total. The highest BCUT2D eigenvalue weighted by atomic mass is 32.2. The van der Waals surface area contributed by atoms with Crippen LogP contribution in [0.5, 0.6) is 0 Å². The number of hydrogen-bond acceptors (Lipinski definition) is 3. The molecule has 0 spiro atoms. The van der Waals surface area contributed by atoms with Crippen LogP contribution in [0.15, 0.2) is 29.2 Å². The molecule has 0 heterocycles. The summed E-state index contributed by atoms with van der Waals surface area (Å²) >= 11 is 1.65. The summed E-state index contributed by atoms with van der Waals surface area (Å²) in [6.45, 7) is 5.92. The molecule has 1 aromatic carbocycles. The quantitative estimate of drug-likeness (QED) is 0.744. The Morgan fingerprint density at radius 2 is 1.89 bits per heavy atom. The molecule has 1 aromatic rings. The highest BCUT2D eigenvalue weighted by Crippen LogP contribution is 2.18. The normalized spacial score (nSPS) is 12.9. The lowest BCUT2D eigenvalue weighted by Gasteiger charge is -2.21. The molecule has 5 heteroatoms. The fourth-order valence-corrected chi connectivity index (χ4v) is 1.93. The average Bonchev–Trinajstić information content (AvgIpc) is 2.34. The molecule has 0 aliphatic rings. The molecular formula is C14H22N2O2S. The molecule has 2 amide bonds. The monoisotopic (exact) mass is 282 g/mol. The van der Waals surface area contributed by atoms with Crippen LogP contribution < -0.4 is 10.6 Å². The van der Waals surface area contributed by atoms with E-state index in [9.17, 15) is 9.90 Å². The topological polar surface area (TPSA) is 61.4 Å². The zero-order chi connectivity index (χ0) is 14.5. The molecular weight excluding hydrogens is 260 g/mol. The number of rotatable bonds is 4. The molecule has 0 saturated heterocycles. The minimum atomic E-state index is -0.693. The van der Waals surface area contributed by atoms with Gasteiger partial charge in [0.1, 0.15) is 0 Å². The number of urea groups is 1. The maximum atomic E-state index is 11.6. The Kier molecular flexibility index (Phi) is 5.69. The van der Waals surface area contributed by atoms with Gasteiger partial charge in [0.05, 0.1) is 6.10 Å². The second-order valence-corrected chi connectivity index (χ2v) is 6.25. The summed E-state index contributed by atoms with van der Waals surface area (Å²) in [5.41, 5.74) is 0.517. The molecule has 3 N–H and O–H groups in total. The first-order valence-corrected chi connectivity index (χ1v) is 7.42. The third-order valence-corrected chi connectivity index (χ3v) is 3.19. The van der Waals surface area contributed by atoms with Crippen LogP contribution in [0.1, 0.15) is 32.4 Å². The van der Waals surface area contributed by atoms with Crippen LogP contribution in [0.4, 0.5) is 4.79 Å². The zero-order valence-corrected chi connectivity index (χ0v) is 12.7. The first-order chi connectivity index (χ1) is 8.81. The third kappa shape index (κ3) is 5.98. The van der Waals surface area contributed by atoms with Gasteiger partial charge in [-0.05, 0) is 44.7 Å². The number of thioether (sulfide) groups is 1. The smallest absolute Gasteiger partial charge is 0.315 e. The van der Waals surface area contributed by atoms with Crippen LogP contribution in [-0.2, 0) is 0 Å². The van der Waals surface area contributed by atoms with E-state index in [1.165, 1.54) is 0 Å². The number of carbonyl (C=O) groups excluding carboxylic acids is 1. The summed E-state index contributed by atoms with van der Waals surface area (Å²) in [7, 11) is 0. The van der Waals surface area contributed by atoms with Gasteiger partial charge in [-0.15, -0.1) is 11.8 Å². The van der Waals surface area contributed by atoms with Crippen molar-refractivity contribution in [2.24, 2.45) is 0 Å².